The molecule has 10 nitrogen and oxygen atoms in total. The van der Waals surface area contributed by atoms with E-state index in [9.17, 15) is 9.59 Å². The van der Waals surface area contributed by atoms with Crippen LogP contribution in [0.1, 0.15) is 164 Å². The van der Waals surface area contributed by atoms with Crippen molar-refractivity contribution in [1.29, 1.82) is 0 Å². The summed E-state index contributed by atoms with van der Waals surface area (Å²) in [7, 11) is 1.43. The molecule has 14 heteroatoms. The van der Waals surface area contributed by atoms with E-state index in [2.05, 4.69) is 34.7 Å². The van der Waals surface area contributed by atoms with Gasteiger partial charge in [-0.15, -0.1) is 0 Å². The average molecular weight is 886 g/mol. The van der Waals surface area contributed by atoms with E-state index in [4.69, 9.17) is 37.4 Å². The number of benzene rings is 2. The van der Waals surface area contributed by atoms with Crippen molar-refractivity contribution in [2.45, 2.75) is 168 Å². The van der Waals surface area contributed by atoms with Crippen LogP contribution in [0.5, 0.6) is 0 Å². The number of aryl methyl sites for hydroxylation is 2. The third-order valence-corrected chi connectivity index (χ3v) is 13.8. The number of methoxy groups -OCH3 is 2. The van der Waals surface area contributed by atoms with Gasteiger partial charge in [-0.25, -0.2) is 9.59 Å². The van der Waals surface area contributed by atoms with Crippen molar-refractivity contribution in [1.82, 2.24) is 0 Å². The summed E-state index contributed by atoms with van der Waals surface area (Å²) in [5, 5.41) is 0. The highest BCUT2D eigenvalue weighted by Crippen LogP contribution is 2.45. The van der Waals surface area contributed by atoms with E-state index in [1.807, 2.05) is 109 Å². The molecule has 0 radical (unpaired) electrons. The van der Waals surface area contributed by atoms with Gasteiger partial charge in [0.15, 0.2) is 0 Å². The van der Waals surface area contributed by atoms with E-state index in [-0.39, 0.29) is 34.3 Å². The molecule has 0 bridgehead atoms. The fraction of sp³-hybridized carbons (Fsp3) is 0.667. The van der Waals surface area contributed by atoms with Crippen molar-refractivity contribution in [3.8, 4) is 0 Å². The largest absolute Gasteiger partial charge is 0.495 e. The van der Waals surface area contributed by atoms with Gasteiger partial charge < -0.3 is 37.4 Å². The minimum absolute atomic E-state index is 0.243. The van der Waals surface area contributed by atoms with E-state index >= 15 is 0 Å². The maximum absolute atomic E-state index is 12.0. The minimum Gasteiger partial charge on any atom is -0.465 e. The molecule has 0 atom stereocenters. The summed E-state index contributed by atoms with van der Waals surface area (Å²) in [6.07, 6.45) is 4.94. The molecule has 5 aliphatic rings. The molecule has 2 aromatic carbocycles. The molecule has 0 amide bonds. The second kappa shape index (κ2) is 15.9. The first kappa shape index (κ1) is 45.2. The Balaban J connectivity index is 0.000000165. The topological polar surface area (TPSA) is 108 Å². The maximum atomic E-state index is 12.0. The molecule has 0 aromatic heterocycles. The van der Waals surface area contributed by atoms with Crippen LogP contribution in [0.15, 0.2) is 24.3 Å². The summed E-state index contributed by atoms with van der Waals surface area (Å²) < 4.78 is 47.1. The second-order valence-corrected chi connectivity index (χ2v) is 20.0. The lowest BCUT2D eigenvalue weighted by atomic mass is 9.49. The van der Waals surface area contributed by atoms with Crippen molar-refractivity contribution in [3.63, 3.8) is 0 Å². The fourth-order valence-corrected chi connectivity index (χ4v) is 7.65. The number of rotatable bonds is 6. The predicted molar refractivity (Wildman–Crippen MR) is 230 cm³/mol. The molecule has 0 unspecified atom stereocenters. The summed E-state index contributed by atoms with van der Waals surface area (Å²) in [6.45, 7) is 28.3. The van der Waals surface area contributed by atoms with Gasteiger partial charge >= 0.3 is 33.1 Å². The van der Waals surface area contributed by atoms with Gasteiger partial charge in [0.05, 0.1) is 59.0 Å². The molecule has 3 saturated heterocycles. The van der Waals surface area contributed by atoms with Gasteiger partial charge in [-0.05, 0) is 197 Å². The highest BCUT2D eigenvalue weighted by atomic mass is 127. The van der Waals surface area contributed by atoms with Crippen molar-refractivity contribution in [2.24, 2.45) is 0 Å². The Bertz CT molecular complexity index is 1730. The van der Waals surface area contributed by atoms with Gasteiger partial charge in [-0.1, -0.05) is 12.1 Å². The Morgan fingerprint density at radius 2 is 0.875 bits per heavy atom. The molecule has 7 rings (SSSR count). The highest BCUT2D eigenvalue weighted by Gasteiger charge is 2.63. The van der Waals surface area contributed by atoms with Crippen molar-refractivity contribution < 1.29 is 47.0 Å². The molecule has 2 aliphatic carbocycles. The van der Waals surface area contributed by atoms with Crippen LogP contribution in [0.3, 0.4) is 0 Å². The highest BCUT2D eigenvalue weighted by molar-refractivity contribution is 14.1. The Morgan fingerprint density at radius 3 is 1.23 bits per heavy atom. The summed E-state index contributed by atoms with van der Waals surface area (Å²) in [5.74, 6) is 0.715. The van der Waals surface area contributed by atoms with Crippen LogP contribution >= 0.6 is 22.6 Å². The predicted octanol–water partition coefficient (Wildman–Crippen LogP) is 8.47. The quantitative estimate of drug-likeness (QED) is 0.159. The molecule has 0 spiro atoms. The average Bonchev–Trinajstić information content (AvgIpc) is 4.01. The molecule has 3 aliphatic heterocycles. The second-order valence-electron chi connectivity index (χ2n) is 18.9. The smallest absolute Gasteiger partial charge is 0.465 e. The summed E-state index contributed by atoms with van der Waals surface area (Å²) in [4.78, 5) is 23.5. The Hall–Kier alpha value is -1.94. The third-order valence-electron chi connectivity index (χ3n) is 12.9. The summed E-state index contributed by atoms with van der Waals surface area (Å²) in [6, 6.07) is 8.07. The summed E-state index contributed by atoms with van der Waals surface area (Å²) in [5.41, 5.74) is 4.61. The number of esters is 2. The van der Waals surface area contributed by atoms with Gasteiger partial charge in [-0.3, -0.25) is 0 Å². The van der Waals surface area contributed by atoms with Gasteiger partial charge in [0, 0.05) is 3.57 Å². The fourth-order valence-electron chi connectivity index (χ4n) is 6.74. The number of carbonyl (C=O) groups is 2. The van der Waals surface area contributed by atoms with Crippen LogP contribution < -0.4 is 5.46 Å². The lowest BCUT2D eigenvalue weighted by molar-refractivity contribution is 0.00578. The van der Waals surface area contributed by atoms with Crippen LogP contribution in [0.2, 0.25) is 0 Å². The lowest BCUT2D eigenvalue weighted by Gasteiger charge is -2.32. The zero-order valence-electron chi connectivity index (χ0n) is 36.5. The SMILES string of the molecule is CC1(C)OB(B2OC(C)(C)C(C)(C)O2)OC1(C)C.COC(=O)c1cc(B2OC(C)(C)C(C)(C)O2)c(C2CC2)cc1C.COC(=O)c1cc(I)c(C2CC2)cc1C. The first-order valence-corrected chi connectivity index (χ1v) is 20.9. The normalized spacial score (nSPS) is 23.5. The van der Waals surface area contributed by atoms with Crippen molar-refractivity contribution in [3.05, 3.63) is 61.2 Å². The molecular formula is C42H62B3IO10. The van der Waals surface area contributed by atoms with E-state index < -0.39 is 32.3 Å². The first-order valence-electron chi connectivity index (χ1n) is 19.9. The molecule has 2 saturated carbocycles. The van der Waals surface area contributed by atoms with E-state index in [0.717, 1.165) is 22.5 Å². The molecule has 3 heterocycles. The van der Waals surface area contributed by atoms with Crippen LogP contribution in [-0.4, -0.2) is 80.9 Å². The lowest BCUT2D eigenvalue weighted by Crippen LogP contribution is -2.41. The Labute approximate surface area is 350 Å². The van der Waals surface area contributed by atoms with Crippen molar-refractivity contribution in [2.75, 3.05) is 14.2 Å². The minimum atomic E-state index is -0.476. The number of carbonyl (C=O) groups excluding carboxylic acids is 2. The zero-order valence-corrected chi connectivity index (χ0v) is 38.6. The number of halogens is 1. The van der Waals surface area contributed by atoms with Crippen LogP contribution in [0, 0.1) is 17.4 Å². The zero-order chi connectivity index (χ0) is 42.0. The van der Waals surface area contributed by atoms with E-state index in [1.54, 1.807) is 0 Å². The molecular weight excluding hydrogens is 824 g/mol. The van der Waals surface area contributed by atoms with Gasteiger partial charge in [-0.2, -0.15) is 0 Å². The van der Waals surface area contributed by atoms with Crippen molar-refractivity contribution >= 4 is 61.1 Å². The Morgan fingerprint density at radius 1 is 0.554 bits per heavy atom. The van der Waals surface area contributed by atoms with Gasteiger partial charge in [0.2, 0.25) is 0 Å². The maximum Gasteiger partial charge on any atom is 0.495 e. The first-order chi connectivity index (χ1) is 25.7. The van der Waals surface area contributed by atoms with E-state index in [0.29, 0.717) is 17.0 Å². The van der Waals surface area contributed by atoms with E-state index in [1.165, 1.54) is 54.6 Å². The number of hydrogen-bond acceptors (Lipinski definition) is 10. The Kier molecular flexibility index (Phi) is 12.8. The standard InChI is InChI=1S/C18H25BO4.C12H24B2O4.C12H13IO2/c1-11-9-14(12-7-8-12)15(10-13(11)16(20)21-6)19-22-17(2,3)18(4,5)23-19;1-9(2)10(3,4)16-13(15-9)14-17-11(5,6)12(7,8)18-14;1-7-5-10(8-3-4-8)11(13)6-9(7)12(14)15-2/h9-10,12H,7-8H2,1-6H3;1-8H3;5-6,8H,3-4H2,1-2H3. The van der Waals surface area contributed by atoms with Crippen LogP contribution in [0.4, 0.5) is 0 Å². The monoisotopic (exact) mass is 886 g/mol. The molecule has 5 fully saturated rings. The number of ether oxygens (including phenoxy) is 2. The number of hydrogen-bond donors (Lipinski definition) is 0. The van der Waals surface area contributed by atoms with Gasteiger partial charge in [0.1, 0.15) is 0 Å². The third kappa shape index (κ3) is 9.26. The molecule has 56 heavy (non-hydrogen) atoms. The summed E-state index contributed by atoms with van der Waals surface area (Å²) >= 11 is 2.30. The molecule has 306 valence electrons. The molecule has 0 N–H and O–H groups in total. The molecule has 2 aromatic rings. The van der Waals surface area contributed by atoms with Crippen LogP contribution in [-0.2, 0) is 37.4 Å². The van der Waals surface area contributed by atoms with Gasteiger partial charge in [0.25, 0.3) is 0 Å². The van der Waals surface area contributed by atoms with Crippen LogP contribution in [0.25, 0.3) is 0 Å².